The zero-order valence-corrected chi connectivity index (χ0v) is 24.1. The first kappa shape index (κ1) is 34.2. The fourth-order valence-electron chi connectivity index (χ4n) is 5.69. The first-order valence-corrected chi connectivity index (χ1v) is 13.7. The third-order valence-corrected chi connectivity index (χ3v) is 7.79. The third-order valence-electron chi connectivity index (χ3n) is 7.79. The Hall–Kier alpha value is -3.69. The van der Waals surface area contributed by atoms with Gasteiger partial charge in [-0.25, -0.2) is 9.59 Å². The number of rotatable bonds is 6. The lowest BCUT2D eigenvalue weighted by molar-refractivity contribution is -0.143. The van der Waals surface area contributed by atoms with E-state index in [2.05, 4.69) is 0 Å². The number of hydrogen-bond donors (Lipinski definition) is 1. The topological polar surface area (TPSA) is 79.3 Å². The first-order valence-electron chi connectivity index (χ1n) is 13.7. The van der Waals surface area contributed by atoms with Crippen molar-refractivity contribution in [3.8, 4) is 0 Å². The summed E-state index contributed by atoms with van der Waals surface area (Å²) in [6, 6.07) is 0.820. The number of carbonyl (C=O) groups excluding carboxylic acids is 2. The fraction of sp³-hybridized carbons (Fsp3) is 0.517. The molecule has 45 heavy (non-hydrogen) atoms. The van der Waals surface area contributed by atoms with Gasteiger partial charge in [0, 0.05) is 19.2 Å². The van der Waals surface area contributed by atoms with E-state index in [1.54, 1.807) is 13.8 Å². The molecule has 2 aromatic carbocycles. The Kier molecular flexibility index (Phi) is 9.31. The predicted molar refractivity (Wildman–Crippen MR) is 140 cm³/mol. The van der Waals surface area contributed by atoms with E-state index in [9.17, 15) is 54.2 Å². The Morgan fingerprint density at radius 2 is 1.49 bits per heavy atom. The van der Waals surface area contributed by atoms with E-state index in [1.165, 1.54) is 0 Å². The lowest BCUT2D eigenvalue weighted by atomic mass is 9.86. The molecule has 1 fully saturated rings. The van der Waals surface area contributed by atoms with E-state index in [4.69, 9.17) is 9.47 Å². The Morgan fingerprint density at radius 3 is 1.96 bits per heavy atom. The molecule has 4 unspecified atom stereocenters. The summed E-state index contributed by atoms with van der Waals surface area (Å²) in [5, 5.41) is 9.75. The maximum atomic E-state index is 13.9. The number of methoxy groups -OCH3 is 1. The summed E-state index contributed by atoms with van der Waals surface area (Å²) in [5.41, 5.74) is -5.45. The molecule has 248 valence electrons. The van der Waals surface area contributed by atoms with Crippen molar-refractivity contribution >= 4 is 17.9 Å². The van der Waals surface area contributed by atoms with Crippen molar-refractivity contribution < 1.29 is 63.7 Å². The van der Waals surface area contributed by atoms with Crippen molar-refractivity contribution in [2.24, 2.45) is 11.8 Å². The molecular formula is C29H29F9N2O5. The Labute approximate surface area is 251 Å². The second-order valence-electron chi connectivity index (χ2n) is 11.2. The summed E-state index contributed by atoms with van der Waals surface area (Å²) in [6.07, 6.45) is -18.0. The number of ether oxygens (including phenoxy) is 2. The van der Waals surface area contributed by atoms with Gasteiger partial charge in [0.2, 0.25) is 0 Å². The third kappa shape index (κ3) is 7.42. The van der Waals surface area contributed by atoms with E-state index < -0.39 is 83.6 Å². The molecule has 1 aliphatic carbocycles. The van der Waals surface area contributed by atoms with Crippen LogP contribution in [0.15, 0.2) is 36.4 Å². The van der Waals surface area contributed by atoms with Crippen LogP contribution in [0.4, 0.5) is 54.8 Å². The number of benzene rings is 2. The quantitative estimate of drug-likeness (QED) is 0.321. The molecule has 0 spiro atoms. The minimum absolute atomic E-state index is 0.0894. The predicted octanol–water partition coefficient (Wildman–Crippen LogP) is 7.80. The van der Waals surface area contributed by atoms with Gasteiger partial charge in [0.25, 0.3) is 0 Å². The van der Waals surface area contributed by atoms with Gasteiger partial charge in [0.15, 0.2) is 0 Å². The summed E-state index contributed by atoms with van der Waals surface area (Å²) in [7, 11) is 0.894. The van der Waals surface area contributed by atoms with E-state index in [-0.39, 0.29) is 36.3 Å². The summed E-state index contributed by atoms with van der Waals surface area (Å²) >= 11 is 0. The fourth-order valence-corrected chi connectivity index (χ4v) is 5.69. The molecule has 2 amide bonds. The van der Waals surface area contributed by atoms with Crippen LogP contribution in [-0.2, 0) is 34.5 Å². The second kappa shape index (κ2) is 12.2. The lowest BCUT2D eigenvalue weighted by Gasteiger charge is -2.44. The molecular weight excluding hydrogens is 627 g/mol. The van der Waals surface area contributed by atoms with E-state index in [0.717, 1.165) is 23.0 Å². The van der Waals surface area contributed by atoms with Crippen molar-refractivity contribution in [3.05, 3.63) is 64.2 Å². The van der Waals surface area contributed by atoms with Crippen molar-refractivity contribution in [2.45, 2.75) is 70.0 Å². The highest BCUT2D eigenvalue weighted by molar-refractivity contribution is 5.91. The lowest BCUT2D eigenvalue weighted by Crippen LogP contribution is -2.50. The molecule has 0 radical (unpaired) electrons. The van der Waals surface area contributed by atoms with Crippen LogP contribution in [-0.4, -0.2) is 48.1 Å². The van der Waals surface area contributed by atoms with Gasteiger partial charge in [0.1, 0.15) is 0 Å². The van der Waals surface area contributed by atoms with Gasteiger partial charge in [-0.05, 0) is 86.1 Å². The first-order chi connectivity index (χ1) is 20.8. The highest BCUT2D eigenvalue weighted by atomic mass is 19.4. The number of aliphatic hydroxyl groups is 1. The van der Waals surface area contributed by atoms with Crippen molar-refractivity contribution in [1.29, 1.82) is 0 Å². The van der Waals surface area contributed by atoms with Crippen molar-refractivity contribution in [1.82, 2.24) is 4.90 Å². The zero-order chi connectivity index (χ0) is 33.6. The summed E-state index contributed by atoms with van der Waals surface area (Å²) in [6.45, 7) is 1.88. The van der Waals surface area contributed by atoms with Gasteiger partial charge >= 0.3 is 30.7 Å². The number of fused-ring (bicyclic) bond motifs is 1. The standard InChI is InChI=1S/C29H29F9N2O5/c1-14(2)45-26(43)40-22-5-4-17(27(30,31)32)10-21(22)23(11-24(40)20-8-16(20)13-41)39(25(42)44-3)12-15-6-18(28(33,34)35)9-19(7-15)29(36,37)38/h4-7,9-10,14,16,20,23-24,41H,8,11-13H2,1-3H3. The molecule has 0 aromatic heterocycles. The number of alkyl halides is 9. The molecule has 0 bridgehead atoms. The number of amides is 2. The van der Waals surface area contributed by atoms with E-state index >= 15 is 0 Å². The van der Waals surface area contributed by atoms with Gasteiger partial charge in [-0.3, -0.25) is 9.80 Å². The van der Waals surface area contributed by atoms with Crippen LogP contribution in [0.1, 0.15) is 60.5 Å². The molecule has 4 rings (SSSR count). The van der Waals surface area contributed by atoms with Crippen LogP contribution in [0.5, 0.6) is 0 Å². The summed E-state index contributed by atoms with van der Waals surface area (Å²) < 4.78 is 133. The molecule has 2 aliphatic rings. The molecule has 1 aliphatic heterocycles. The minimum Gasteiger partial charge on any atom is -0.453 e. The Morgan fingerprint density at radius 1 is 0.911 bits per heavy atom. The van der Waals surface area contributed by atoms with Crippen LogP contribution in [0.3, 0.4) is 0 Å². The van der Waals surface area contributed by atoms with Gasteiger partial charge in [-0.2, -0.15) is 39.5 Å². The average molecular weight is 657 g/mol. The molecule has 1 heterocycles. The highest BCUT2D eigenvalue weighted by Crippen LogP contribution is 2.52. The SMILES string of the molecule is COC(=O)N(Cc1cc(C(F)(F)F)cc(C(F)(F)F)c1)C1CC(C2CC2CO)N(C(=O)OC(C)C)c2ccc(C(F)(F)F)cc21. The average Bonchev–Trinajstić information content (AvgIpc) is 3.72. The number of hydrogen-bond acceptors (Lipinski definition) is 5. The van der Waals surface area contributed by atoms with Crippen molar-refractivity contribution in [3.63, 3.8) is 0 Å². The number of nitrogens with zero attached hydrogens (tertiary/aromatic N) is 2. The minimum atomic E-state index is -5.20. The summed E-state index contributed by atoms with van der Waals surface area (Å²) in [4.78, 5) is 28.3. The largest absolute Gasteiger partial charge is 0.453 e. The number of halogens is 9. The molecule has 16 heteroatoms. The maximum absolute atomic E-state index is 13.9. The molecule has 0 saturated heterocycles. The van der Waals surface area contributed by atoms with E-state index in [1.807, 2.05) is 0 Å². The zero-order valence-electron chi connectivity index (χ0n) is 24.1. The second-order valence-corrected chi connectivity index (χ2v) is 11.2. The molecule has 4 atom stereocenters. The van der Waals surface area contributed by atoms with Gasteiger partial charge in [0.05, 0.1) is 41.6 Å². The molecule has 7 nitrogen and oxygen atoms in total. The normalized spacial score (nSPS) is 21.8. The highest BCUT2D eigenvalue weighted by Gasteiger charge is 2.52. The Balaban J connectivity index is 1.91. The number of carbonyl (C=O) groups is 2. The van der Waals surface area contributed by atoms with Crippen LogP contribution in [0.2, 0.25) is 0 Å². The van der Waals surface area contributed by atoms with Crippen molar-refractivity contribution in [2.75, 3.05) is 18.6 Å². The molecule has 1 N–H and O–H groups in total. The number of anilines is 1. The van der Waals surface area contributed by atoms with E-state index in [0.29, 0.717) is 30.7 Å². The van der Waals surface area contributed by atoms with Gasteiger partial charge < -0.3 is 14.6 Å². The monoisotopic (exact) mass is 656 g/mol. The Bertz CT molecular complexity index is 1390. The smallest absolute Gasteiger partial charge is 0.416 e. The molecule has 2 aromatic rings. The van der Waals surface area contributed by atoms with Crippen LogP contribution in [0.25, 0.3) is 0 Å². The maximum Gasteiger partial charge on any atom is 0.416 e. The van der Waals surface area contributed by atoms with Gasteiger partial charge in [-0.15, -0.1) is 0 Å². The van der Waals surface area contributed by atoms with Gasteiger partial charge in [-0.1, -0.05) is 0 Å². The number of aliphatic hydroxyl groups excluding tert-OH is 1. The van der Waals surface area contributed by atoms with Crippen LogP contribution in [0, 0.1) is 11.8 Å². The summed E-state index contributed by atoms with van der Waals surface area (Å²) in [5.74, 6) is -0.720. The molecule has 1 saturated carbocycles. The van der Waals surface area contributed by atoms with Crippen LogP contribution >= 0.6 is 0 Å². The van der Waals surface area contributed by atoms with Crippen LogP contribution < -0.4 is 4.90 Å².